The molecule has 5 nitrogen and oxygen atoms in total. The van der Waals surface area contributed by atoms with Gasteiger partial charge in [0.1, 0.15) is 28.6 Å². The summed E-state index contributed by atoms with van der Waals surface area (Å²) in [5, 5.41) is 12.3. The summed E-state index contributed by atoms with van der Waals surface area (Å²) >= 11 is 2.22. The zero-order valence-corrected chi connectivity index (χ0v) is 18.9. The van der Waals surface area contributed by atoms with E-state index in [0.29, 0.717) is 39.7 Å². The van der Waals surface area contributed by atoms with Crippen LogP contribution in [0.4, 0.5) is 0 Å². The van der Waals surface area contributed by atoms with Gasteiger partial charge in [0.05, 0.1) is 28.4 Å². The van der Waals surface area contributed by atoms with E-state index in [1.807, 2.05) is 36.4 Å². The first-order valence-corrected chi connectivity index (χ1v) is 9.99. The van der Waals surface area contributed by atoms with Crippen LogP contribution >= 0.6 is 22.6 Å². The van der Waals surface area contributed by atoms with E-state index < -0.39 is 5.60 Å². The summed E-state index contributed by atoms with van der Waals surface area (Å²) in [6, 6.07) is 18.4. The summed E-state index contributed by atoms with van der Waals surface area (Å²) in [6.45, 7) is 0. The molecule has 0 fully saturated rings. The van der Waals surface area contributed by atoms with Crippen LogP contribution in [0.3, 0.4) is 0 Å². The van der Waals surface area contributed by atoms with E-state index in [0.717, 1.165) is 3.57 Å². The average Bonchev–Trinajstić information content (AvgIpc) is 2.77. The second-order valence-electron chi connectivity index (χ2n) is 6.32. The molecule has 3 aromatic carbocycles. The summed E-state index contributed by atoms with van der Waals surface area (Å²) in [6.07, 6.45) is 0. The molecule has 3 aromatic rings. The summed E-state index contributed by atoms with van der Waals surface area (Å²) in [5.74, 6) is 2.28. The Morgan fingerprint density at radius 2 is 1.14 bits per heavy atom. The quantitative estimate of drug-likeness (QED) is 0.375. The molecular weight excluding hydrogens is 483 g/mol. The van der Waals surface area contributed by atoms with E-state index in [9.17, 15) is 5.11 Å². The summed E-state index contributed by atoms with van der Waals surface area (Å²) < 4.78 is 22.8. The van der Waals surface area contributed by atoms with Crippen molar-refractivity contribution >= 4 is 22.6 Å². The molecule has 0 heterocycles. The second-order valence-corrected chi connectivity index (χ2v) is 7.48. The van der Waals surface area contributed by atoms with Crippen LogP contribution in [-0.2, 0) is 5.60 Å². The van der Waals surface area contributed by atoms with Crippen LogP contribution in [0.2, 0.25) is 0 Å². The van der Waals surface area contributed by atoms with Gasteiger partial charge in [0.25, 0.3) is 0 Å². The zero-order chi connectivity index (χ0) is 21.0. The maximum atomic E-state index is 12.3. The molecule has 0 saturated heterocycles. The number of aliphatic hydroxyl groups is 1. The Balaban J connectivity index is 2.38. The summed E-state index contributed by atoms with van der Waals surface area (Å²) in [4.78, 5) is 0. The SMILES string of the molecule is COc1ccc(C(O)(c2ccccc2I)c2ccc(OC)cc2OC)c(OC)c1. The minimum Gasteiger partial charge on any atom is -0.497 e. The van der Waals surface area contributed by atoms with Gasteiger partial charge in [-0.1, -0.05) is 18.2 Å². The Hall–Kier alpha value is -2.45. The largest absolute Gasteiger partial charge is 0.497 e. The summed E-state index contributed by atoms with van der Waals surface area (Å²) in [7, 11) is 6.32. The Labute approximate surface area is 184 Å². The van der Waals surface area contributed by atoms with Crippen molar-refractivity contribution < 1.29 is 24.1 Å². The molecule has 29 heavy (non-hydrogen) atoms. The molecule has 0 aliphatic rings. The molecule has 0 aromatic heterocycles. The van der Waals surface area contributed by atoms with Gasteiger partial charge in [0, 0.05) is 32.4 Å². The number of rotatable bonds is 7. The van der Waals surface area contributed by atoms with Crippen molar-refractivity contribution in [2.24, 2.45) is 0 Å². The first-order valence-electron chi connectivity index (χ1n) is 8.92. The standard InChI is InChI=1S/C23H23IO5/c1-26-15-9-11-18(21(13-15)28-3)23(25,17-7-5-6-8-20(17)24)19-12-10-16(27-2)14-22(19)29-4/h5-14,25H,1-4H3. The van der Waals surface area contributed by atoms with Crippen LogP contribution < -0.4 is 18.9 Å². The Morgan fingerprint density at radius 1 is 0.655 bits per heavy atom. The third-order valence-electron chi connectivity index (χ3n) is 4.86. The highest BCUT2D eigenvalue weighted by Gasteiger charge is 2.40. The van der Waals surface area contributed by atoms with E-state index >= 15 is 0 Å². The Bertz CT molecular complexity index is 947. The fraction of sp³-hybridized carbons (Fsp3) is 0.217. The van der Waals surface area contributed by atoms with Crippen LogP contribution in [0, 0.1) is 3.57 Å². The van der Waals surface area contributed by atoms with Crippen molar-refractivity contribution in [3.63, 3.8) is 0 Å². The molecule has 0 radical (unpaired) electrons. The molecule has 1 N–H and O–H groups in total. The van der Waals surface area contributed by atoms with Crippen LogP contribution in [-0.4, -0.2) is 33.5 Å². The average molecular weight is 506 g/mol. The fourth-order valence-electron chi connectivity index (χ4n) is 3.38. The normalized spacial score (nSPS) is 11.1. The lowest BCUT2D eigenvalue weighted by molar-refractivity contribution is 0.117. The first kappa shape index (κ1) is 21.3. The predicted molar refractivity (Wildman–Crippen MR) is 120 cm³/mol. The minimum atomic E-state index is -1.53. The topological polar surface area (TPSA) is 57.2 Å². The van der Waals surface area contributed by atoms with Gasteiger partial charge in [0.2, 0.25) is 0 Å². The maximum absolute atomic E-state index is 12.3. The van der Waals surface area contributed by atoms with Gasteiger partial charge in [0.15, 0.2) is 0 Å². The lowest BCUT2D eigenvalue weighted by Gasteiger charge is -2.33. The van der Waals surface area contributed by atoms with Crippen LogP contribution in [0.25, 0.3) is 0 Å². The highest BCUT2D eigenvalue weighted by molar-refractivity contribution is 14.1. The van der Waals surface area contributed by atoms with E-state index in [1.54, 1.807) is 52.7 Å². The molecule has 3 rings (SSSR count). The highest BCUT2D eigenvalue weighted by Crippen LogP contribution is 2.47. The van der Waals surface area contributed by atoms with Crippen molar-refractivity contribution in [3.05, 3.63) is 80.9 Å². The number of ether oxygens (including phenoxy) is 4. The second kappa shape index (κ2) is 8.92. The van der Waals surface area contributed by atoms with Gasteiger partial charge >= 0.3 is 0 Å². The van der Waals surface area contributed by atoms with Gasteiger partial charge in [-0.3, -0.25) is 0 Å². The number of hydrogen-bond donors (Lipinski definition) is 1. The predicted octanol–water partition coefficient (Wildman–Crippen LogP) is 4.61. The highest BCUT2D eigenvalue weighted by atomic mass is 127. The third kappa shape index (κ3) is 3.86. The fourth-order valence-corrected chi connectivity index (χ4v) is 4.16. The number of halogens is 1. The Kier molecular flexibility index (Phi) is 6.54. The molecule has 0 atom stereocenters. The van der Waals surface area contributed by atoms with Crippen LogP contribution in [0.15, 0.2) is 60.7 Å². The molecular formula is C23H23IO5. The van der Waals surface area contributed by atoms with E-state index in [-0.39, 0.29) is 0 Å². The van der Waals surface area contributed by atoms with Gasteiger partial charge in [-0.2, -0.15) is 0 Å². The zero-order valence-electron chi connectivity index (χ0n) is 16.7. The van der Waals surface area contributed by atoms with Crippen LogP contribution in [0.5, 0.6) is 23.0 Å². The molecule has 6 heteroatoms. The van der Waals surface area contributed by atoms with Crippen molar-refractivity contribution in [1.29, 1.82) is 0 Å². The van der Waals surface area contributed by atoms with Gasteiger partial charge in [-0.15, -0.1) is 0 Å². The van der Waals surface area contributed by atoms with E-state index in [4.69, 9.17) is 18.9 Å². The van der Waals surface area contributed by atoms with Crippen molar-refractivity contribution in [3.8, 4) is 23.0 Å². The minimum absolute atomic E-state index is 0.504. The van der Waals surface area contributed by atoms with E-state index in [2.05, 4.69) is 22.6 Å². The smallest absolute Gasteiger partial charge is 0.148 e. The first-order chi connectivity index (χ1) is 14.0. The van der Waals surface area contributed by atoms with Crippen molar-refractivity contribution in [2.45, 2.75) is 5.60 Å². The van der Waals surface area contributed by atoms with Crippen LogP contribution in [0.1, 0.15) is 16.7 Å². The molecule has 152 valence electrons. The molecule has 0 aliphatic carbocycles. The lowest BCUT2D eigenvalue weighted by Crippen LogP contribution is -2.31. The molecule has 0 aliphatic heterocycles. The molecule has 0 amide bonds. The lowest BCUT2D eigenvalue weighted by atomic mass is 9.79. The molecule has 0 bridgehead atoms. The van der Waals surface area contributed by atoms with Gasteiger partial charge in [-0.05, 0) is 52.9 Å². The van der Waals surface area contributed by atoms with Gasteiger partial charge < -0.3 is 24.1 Å². The maximum Gasteiger partial charge on any atom is 0.148 e. The number of hydrogen-bond acceptors (Lipinski definition) is 5. The van der Waals surface area contributed by atoms with Crippen molar-refractivity contribution in [1.82, 2.24) is 0 Å². The molecule has 0 spiro atoms. The third-order valence-corrected chi connectivity index (χ3v) is 5.80. The van der Waals surface area contributed by atoms with Gasteiger partial charge in [-0.25, -0.2) is 0 Å². The monoisotopic (exact) mass is 506 g/mol. The summed E-state index contributed by atoms with van der Waals surface area (Å²) in [5.41, 5.74) is 0.335. The number of methoxy groups -OCH3 is 4. The Morgan fingerprint density at radius 3 is 1.55 bits per heavy atom. The van der Waals surface area contributed by atoms with Crippen molar-refractivity contribution in [2.75, 3.05) is 28.4 Å². The van der Waals surface area contributed by atoms with E-state index in [1.165, 1.54) is 0 Å². The molecule has 0 saturated carbocycles. The molecule has 0 unspecified atom stereocenters. The number of benzene rings is 3.